The van der Waals surface area contributed by atoms with Gasteiger partial charge in [0.1, 0.15) is 17.3 Å². The van der Waals surface area contributed by atoms with Gasteiger partial charge >= 0.3 is 5.63 Å². The topological polar surface area (TPSA) is 128 Å². The number of aromatic hydroxyl groups is 4. The van der Waals surface area contributed by atoms with Crippen molar-refractivity contribution in [2.75, 3.05) is 0 Å². The van der Waals surface area contributed by atoms with Crippen LogP contribution >= 0.6 is 0 Å². The molecule has 0 unspecified atom stereocenters. The molecular formula is C21H24O7. The lowest BCUT2D eigenvalue weighted by atomic mass is 9.91. The van der Waals surface area contributed by atoms with Gasteiger partial charge in [0.05, 0.1) is 11.1 Å². The van der Waals surface area contributed by atoms with Gasteiger partial charge in [-0.15, -0.1) is 0 Å². The van der Waals surface area contributed by atoms with Crippen LogP contribution in [-0.4, -0.2) is 26.2 Å². The number of phenolic OH excluding ortho intramolecular Hbond substituents is 3. The second kappa shape index (κ2) is 7.80. The Bertz CT molecular complexity index is 1040. The van der Waals surface area contributed by atoms with Crippen LogP contribution in [0.5, 0.6) is 23.0 Å². The molecule has 0 aliphatic heterocycles. The largest absolute Gasteiger partial charge is 0.507 e. The van der Waals surface area contributed by atoms with E-state index in [-0.39, 0.29) is 46.6 Å². The molecule has 0 atom stereocenters. The van der Waals surface area contributed by atoms with Gasteiger partial charge < -0.3 is 24.8 Å². The van der Waals surface area contributed by atoms with Gasteiger partial charge in [0.2, 0.25) is 0 Å². The molecule has 0 saturated carbocycles. The molecule has 4 N–H and O–H groups in total. The number of aryl methyl sites for hydroxylation is 1. The Morgan fingerprint density at radius 3 is 2.04 bits per heavy atom. The van der Waals surface area contributed by atoms with Crippen molar-refractivity contribution < 1.29 is 29.6 Å². The van der Waals surface area contributed by atoms with Crippen molar-refractivity contribution in [1.82, 2.24) is 0 Å². The Labute approximate surface area is 162 Å². The summed E-state index contributed by atoms with van der Waals surface area (Å²) < 4.78 is 5.07. The van der Waals surface area contributed by atoms with Crippen LogP contribution in [0, 0.1) is 13.8 Å². The Morgan fingerprint density at radius 1 is 0.893 bits per heavy atom. The predicted octanol–water partition coefficient (Wildman–Crippen LogP) is 3.38. The van der Waals surface area contributed by atoms with Gasteiger partial charge in [-0.3, -0.25) is 4.79 Å². The molecule has 0 radical (unpaired) electrons. The second-order valence-electron chi connectivity index (χ2n) is 6.99. The van der Waals surface area contributed by atoms with E-state index < -0.39 is 28.7 Å². The first-order valence-corrected chi connectivity index (χ1v) is 8.72. The molecule has 0 bridgehead atoms. The van der Waals surface area contributed by atoms with Crippen LogP contribution in [0.2, 0.25) is 0 Å². The van der Waals surface area contributed by atoms with Gasteiger partial charge in [-0.1, -0.05) is 11.6 Å². The fourth-order valence-electron chi connectivity index (χ4n) is 2.97. The molecule has 0 aliphatic carbocycles. The Hall–Kier alpha value is -3.22. The van der Waals surface area contributed by atoms with Gasteiger partial charge in [-0.2, -0.15) is 0 Å². The lowest BCUT2D eigenvalue weighted by Crippen LogP contribution is -2.12. The summed E-state index contributed by atoms with van der Waals surface area (Å²) in [7, 11) is 0. The predicted molar refractivity (Wildman–Crippen MR) is 103 cm³/mol. The van der Waals surface area contributed by atoms with Crippen LogP contribution < -0.4 is 5.63 Å². The number of hydrogen-bond acceptors (Lipinski definition) is 7. The van der Waals surface area contributed by atoms with Gasteiger partial charge in [0, 0.05) is 23.1 Å². The molecule has 0 saturated heterocycles. The van der Waals surface area contributed by atoms with E-state index >= 15 is 0 Å². The summed E-state index contributed by atoms with van der Waals surface area (Å²) >= 11 is 0. The van der Waals surface area contributed by atoms with E-state index in [1.54, 1.807) is 13.0 Å². The first-order valence-electron chi connectivity index (χ1n) is 8.72. The van der Waals surface area contributed by atoms with Gasteiger partial charge in [-0.05, 0) is 41.0 Å². The normalized spacial score (nSPS) is 10.8. The minimum absolute atomic E-state index is 0.131. The molecule has 7 heteroatoms. The molecular weight excluding hydrogens is 364 g/mol. The number of phenols is 3. The summed E-state index contributed by atoms with van der Waals surface area (Å²) in [5.41, 5.74) is 0.0559. The number of hydrogen-bond donors (Lipinski definition) is 4. The zero-order chi connectivity index (χ0) is 21.3. The number of Topliss-reactive ketones (excluding diaryl/α,β-unsaturated/α-hetero) is 1. The Morgan fingerprint density at radius 2 is 1.50 bits per heavy atom. The lowest BCUT2D eigenvalue weighted by Gasteiger charge is -2.17. The number of carbonyl (C=O) groups excluding carboxylic acids is 1. The number of carbonyl (C=O) groups is 1. The third kappa shape index (κ3) is 3.74. The van der Waals surface area contributed by atoms with Crippen molar-refractivity contribution in [2.24, 2.45) is 0 Å². The molecule has 28 heavy (non-hydrogen) atoms. The molecule has 1 aromatic heterocycles. The fraction of sp³-hybridized carbons (Fsp3) is 0.333. The van der Waals surface area contributed by atoms with E-state index in [4.69, 9.17) is 4.42 Å². The van der Waals surface area contributed by atoms with E-state index in [9.17, 15) is 30.0 Å². The maximum atomic E-state index is 12.2. The molecule has 2 rings (SSSR count). The molecule has 2 aromatic rings. The number of benzene rings is 1. The second-order valence-corrected chi connectivity index (χ2v) is 6.99. The third-order valence-electron chi connectivity index (χ3n) is 4.70. The van der Waals surface area contributed by atoms with Crippen molar-refractivity contribution in [1.29, 1.82) is 0 Å². The average molecular weight is 388 g/mol. The monoisotopic (exact) mass is 388 g/mol. The molecule has 0 aliphatic rings. The first kappa shape index (κ1) is 21.1. The highest BCUT2D eigenvalue weighted by Crippen LogP contribution is 2.44. The van der Waals surface area contributed by atoms with Crippen molar-refractivity contribution in [3.05, 3.63) is 55.6 Å². The Balaban J connectivity index is 2.76. The van der Waals surface area contributed by atoms with E-state index in [2.05, 4.69) is 0 Å². The van der Waals surface area contributed by atoms with Gasteiger partial charge in [0.15, 0.2) is 17.3 Å². The van der Waals surface area contributed by atoms with Crippen molar-refractivity contribution in [3.8, 4) is 23.0 Å². The zero-order valence-electron chi connectivity index (χ0n) is 16.5. The number of allylic oxidation sites excluding steroid dienone is 2. The quantitative estimate of drug-likeness (QED) is 0.267. The molecule has 1 aromatic carbocycles. The molecule has 0 spiro atoms. The lowest BCUT2D eigenvalue weighted by molar-refractivity contribution is 0.101. The van der Waals surface area contributed by atoms with Crippen molar-refractivity contribution >= 4 is 5.78 Å². The van der Waals surface area contributed by atoms with E-state index in [1.807, 2.05) is 13.8 Å². The van der Waals surface area contributed by atoms with E-state index in [1.165, 1.54) is 13.8 Å². The minimum atomic E-state index is -0.819. The molecule has 1 heterocycles. The maximum absolute atomic E-state index is 12.2. The number of ketones is 1. The summed E-state index contributed by atoms with van der Waals surface area (Å²) in [6, 6.07) is 0. The molecule has 150 valence electrons. The summed E-state index contributed by atoms with van der Waals surface area (Å²) in [5, 5.41) is 41.8. The van der Waals surface area contributed by atoms with E-state index in [0.717, 1.165) is 5.57 Å². The van der Waals surface area contributed by atoms with Crippen LogP contribution in [-0.2, 0) is 12.8 Å². The van der Waals surface area contributed by atoms with Gasteiger partial charge in [-0.25, -0.2) is 4.79 Å². The summed E-state index contributed by atoms with van der Waals surface area (Å²) in [6.07, 6.45) is 1.50. The highest BCUT2D eigenvalue weighted by atomic mass is 16.4. The molecule has 0 fully saturated rings. The van der Waals surface area contributed by atoms with Crippen LogP contribution in [0.1, 0.15) is 59.1 Å². The SMILES string of the molecule is CC(=O)c1c(O)c(O)c(Cc2c(O)c(C)c(C)oc2=O)c(O)c1CC=C(C)C. The first-order chi connectivity index (χ1) is 13.0. The smallest absolute Gasteiger partial charge is 0.343 e. The third-order valence-corrected chi connectivity index (χ3v) is 4.70. The Kier molecular flexibility index (Phi) is 5.87. The molecule has 7 nitrogen and oxygen atoms in total. The van der Waals surface area contributed by atoms with Crippen molar-refractivity contribution in [2.45, 2.75) is 47.5 Å². The van der Waals surface area contributed by atoms with Crippen molar-refractivity contribution in [3.63, 3.8) is 0 Å². The maximum Gasteiger partial charge on any atom is 0.343 e. The van der Waals surface area contributed by atoms with Crippen LogP contribution in [0.3, 0.4) is 0 Å². The summed E-state index contributed by atoms with van der Waals surface area (Å²) in [4.78, 5) is 24.2. The van der Waals surface area contributed by atoms with E-state index in [0.29, 0.717) is 5.56 Å². The van der Waals surface area contributed by atoms with Gasteiger partial charge in [0.25, 0.3) is 0 Å². The summed E-state index contributed by atoms with van der Waals surface area (Å²) in [5.74, 6) is -2.41. The summed E-state index contributed by atoms with van der Waals surface area (Å²) in [6.45, 7) is 7.98. The highest BCUT2D eigenvalue weighted by Gasteiger charge is 2.27. The molecule has 0 amide bonds. The standard InChI is InChI=1S/C21H24O7/c1-9(2)6-7-13-16(11(4)22)20(26)19(25)14(18(13)24)8-15-17(23)10(3)12(5)28-21(15)27/h6,23-26H,7-8H2,1-5H3. The van der Waals surface area contributed by atoms with Crippen LogP contribution in [0.15, 0.2) is 20.9 Å². The van der Waals surface area contributed by atoms with Crippen LogP contribution in [0.25, 0.3) is 0 Å². The zero-order valence-corrected chi connectivity index (χ0v) is 16.5. The number of rotatable bonds is 5. The fourth-order valence-corrected chi connectivity index (χ4v) is 2.97. The average Bonchev–Trinajstić information content (AvgIpc) is 2.60. The minimum Gasteiger partial charge on any atom is -0.507 e. The van der Waals surface area contributed by atoms with Crippen LogP contribution in [0.4, 0.5) is 0 Å². The highest BCUT2D eigenvalue weighted by molar-refractivity contribution is 6.00.